The molecule has 6 nitrogen and oxygen atoms in total. The Labute approximate surface area is 235 Å². The predicted octanol–water partition coefficient (Wildman–Crippen LogP) is 6.43. The van der Waals surface area contributed by atoms with Crippen molar-refractivity contribution in [2.24, 2.45) is 23.7 Å². The van der Waals surface area contributed by atoms with Crippen LogP contribution in [0.2, 0.25) is 0 Å². The summed E-state index contributed by atoms with van der Waals surface area (Å²) in [6, 6.07) is 28.7. The van der Waals surface area contributed by atoms with Gasteiger partial charge in [-0.2, -0.15) is 0 Å². The molecule has 0 aromatic heterocycles. The van der Waals surface area contributed by atoms with Crippen molar-refractivity contribution in [3.8, 4) is 0 Å². The summed E-state index contributed by atoms with van der Waals surface area (Å²) in [5, 5.41) is 0. The number of likely N-dealkylation sites (tertiary alicyclic amines) is 2. The van der Waals surface area contributed by atoms with Crippen molar-refractivity contribution < 1.29 is 19.1 Å². The predicted molar refractivity (Wildman–Crippen MR) is 152 cm³/mol. The molecule has 3 aromatic rings. The molecule has 0 spiro atoms. The van der Waals surface area contributed by atoms with Crippen LogP contribution in [-0.2, 0) is 22.7 Å². The number of ether oxygens (including phenoxy) is 2. The minimum atomic E-state index is -0.197. The molecule has 206 valence electrons. The zero-order valence-corrected chi connectivity index (χ0v) is 22.7. The average Bonchev–Trinajstić information content (AvgIpc) is 3.49. The molecule has 0 radical (unpaired) electrons. The second kappa shape index (κ2) is 10.6. The maximum Gasteiger partial charge on any atom is 0.410 e. The molecule has 0 N–H and O–H groups in total. The molecule has 6 heteroatoms. The van der Waals surface area contributed by atoms with Crippen LogP contribution in [0.5, 0.6) is 0 Å². The van der Waals surface area contributed by atoms with E-state index in [1.807, 2.05) is 70.5 Å². The monoisotopic (exact) mass is 536 g/mol. The standard InChI is InChI=1S/C34H36N2O4/c37-33(39-21-23-9-3-1-4-10-23)35-17-25-15-29(31(25)19-35)27-13-7-8-14-28(27)30-16-26-18-36(20-32(26)30)34(38)40-22-24-11-5-2-6-12-24/h1-14,25-26,29-32H,15-22H2/t25-,26-,29-,30-,31+,32+/m1/s1. The molecule has 40 heavy (non-hydrogen) atoms. The molecule has 7 rings (SSSR count). The van der Waals surface area contributed by atoms with E-state index >= 15 is 0 Å². The van der Waals surface area contributed by atoms with Gasteiger partial charge in [0.15, 0.2) is 0 Å². The van der Waals surface area contributed by atoms with Crippen LogP contribution in [0.15, 0.2) is 84.9 Å². The van der Waals surface area contributed by atoms with Crippen molar-refractivity contribution in [2.75, 3.05) is 26.2 Å². The van der Waals surface area contributed by atoms with Crippen LogP contribution in [0.1, 0.15) is 46.9 Å². The van der Waals surface area contributed by atoms with E-state index in [4.69, 9.17) is 9.47 Å². The summed E-state index contributed by atoms with van der Waals surface area (Å²) in [6.45, 7) is 3.78. The van der Waals surface area contributed by atoms with Crippen LogP contribution >= 0.6 is 0 Å². The van der Waals surface area contributed by atoms with E-state index in [-0.39, 0.29) is 12.2 Å². The van der Waals surface area contributed by atoms with Crippen molar-refractivity contribution >= 4 is 12.2 Å². The van der Waals surface area contributed by atoms with Gasteiger partial charge in [-0.05, 0) is 70.6 Å². The molecular formula is C34H36N2O4. The van der Waals surface area contributed by atoms with Crippen molar-refractivity contribution in [3.05, 3.63) is 107 Å². The highest BCUT2D eigenvalue weighted by atomic mass is 16.6. The molecule has 4 aliphatic rings. The smallest absolute Gasteiger partial charge is 0.410 e. The van der Waals surface area contributed by atoms with E-state index in [0.29, 0.717) is 48.7 Å². The number of hydrogen-bond acceptors (Lipinski definition) is 4. The Morgan fingerprint density at radius 1 is 0.575 bits per heavy atom. The molecule has 3 aromatic carbocycles. The van der Waals surface area contributed by atoms with Gasteiger partial charge in [0, 0.05) is 26.2 Å². The Balaban J connectivity index is 0.959. The molecule has 2 aliphatic carbocycles. The van der Waals surface area contributed by atoms with Crippen molar-refractivity contribution in [1.29, 1.82) is 0 Å². The van der Waals surface area contributed by atoms with Crippen LogP contribution in [0, 0.1) is 23.7 Å². The molecule has 2 aliphatic heterocycles. The van der Waals surface area contributed by atoms with Crippen molar-refractivity contribution in [2.45, 2.75) is 37.9 Å². The Morgan fingerprint density at radius 3 is 1.40 bits per heavy atom. The Morgan fingerprint density at radius 2 is 0.975 bits per heavy atom. The lowest BCUT2D eigenvalue weighted by molar-refractivity contribution is 0.102. The van der Waals surface area contributed by atoms with E-state index in [0.717, 1.165) is 50.1 Å². The average molecular weight is 537 g/mol. The number of carbonyl (C=O) groups excluding carboxylic acids is 2. The number of nitrogens with zero attached hydrogens (tertiary/aromatic N) is 2. The number of fused-ring (bicyclic) bond motifs is 2. The Hall–Kier alpha value is -3.80. The van der Waals surface area contributed by atoms with Gasteiger partial charge in [-0.1, -0.05) is 84.9 Å². The van der Waals surface area contributed by atoms with Gasteiger partial charge in [0.2, 0.25) is 0 Å². The van der Waals surface area contributed by atoms with Gasteiger partial charge in [0.25, 0.3) is 0 Å². The van der Waals surface area contributed by atoms with Crippen LogP contribution in [-0.4, -0.2) is 48.2 Å². The van der Waals surface area contributed by atoms with Crippen molar-refractivity contribution in [1.82, 2.24) is 9.80 Å². The van der Waals surface area contributed by atoms with Crippen LogP contribution < -0.4 is 0 Å². The SMILES string of the molecule is O=C(OCc1ccccc1)N1C[C@H]2C[C@H](c3ccccc3[C@H]3C[C@@H]4CN(C(=O)OCc5ccccc5)C[C@@H]43)[C@H]2C1. The molecular weight excluding hydrogens is 500 g/mol. The molecule has 4 fully saturated rings. The third kappa shape index (κ3) is 4.74. The van der Waals surface area contributed by atoms with Gasteiger partial charge in [0.1, 0.15) is 13.2 Å². The van der Waals surface area contributed by atoms with Gasteiger partial charge >= 0.3 is 12.2 Å². The second-order valence-corrected chi connectivity index (χ2v) is 12.1. The molecule has 0 bridgehead atoms. The summed E-state index contributed by atoms with van der Waals surface area (Å²) in [5.74, 6) is 3.07. The fourth-order valence-corrected chi connectivity index (χ4v) is 7.63. The zero-order chi connectivity index (χ0) is 27.1. The lowest BCUT2D eigenvalue weighted by Crippen LogP contribution is -2.37. The summed E-state index contributed by atoms with van der Waals surface area (Å²) >= 11 is 0. The third-order valence-electron chi connectivity index (χ3n) is 9.85. The lowest BCUT2D eigenvalue weighted by atomic mass is 9.58. The first-order valence-electron chi connectivity index (χ1n) is 14.6. The summed E-state index contributed by atoms with van der Waals surface area (Å²) in [5.41, 5.74) is 4.94. The second-order valence-electron chi connectivity index (χ2n) is 12.1. The summed E-state index contributed by atoms with van der Waals surface area (Å²) in [4.78, 5) is 29.4. The van der Waals surface area contributed by atoms with Gasteiger partial charge in [0.05, 0.1) is 0 Å². The summed E-state index contributed by atoms with van der Waals surface area (Å²) < 4.78 is 11.3. The largest absolute Gasteiger partial charge is 0.445 e. The molecule has 2 saturated carbocycles. The Kier molecular flexibility index (Phi) is 6.70. The van der Waals surface area contributed by atoms with E-state index in [9.17, 15) is 9.59 Å². The van der Waals surface area contributed by atoms with E-state index < -0.39 is 0 Å². The maximum absolute atomic E-state index is 12.8. The van der Waals surface area contributed by atoms with E-state index in [1.54, 1.807) is 0 Å². The van der Waals surface area contributed by atoms with E-state index in [2.05, 4.69) is 24.3 Å². The zero-order valence-electron chi connectivity index (χ0n) is 22.7. The molecule has 6 atom stereocenters. The van der Waals surface area contributed by atoms with Crippen LogP contribution in [0.4, 0.5) is 9.59 Å². The number of rotatable bonds is 6. The normalized spacial score (nSPS) is 28.2. The number of benzene rings is 3. The summed E-state index contributed by atoms with van der Waals surface area (Å²) in [6.07, 6.45) is 1.86. The number of amides is 2. The van der Waals surface area contributed by atoms with Gasteiger partial charge in [-0.3, -0.25) is 0 Å². The topological polar surface area (TPSA) is 59.1 Å². The fourth-order valence-electron chi connectivity index (χ4n) is 7.63. The molecule has 0 unspecified atom stereocenters. The number of carbonyl (C=O) groups is 2. The highest BCUT2D eigenvalue weighted by Gasteiger charge is 2.53. The molecule has 2 amide bonds. The fraction of sp³-hybridized carbons (Fsp3) is 0.412. The van der Waals surface area contributed by atoms with Gasteiger partial charge < -0.3 is 19.3 Å². The first kappa shape index (κ1) is 25.2. The summed E-state index contributed by atoms with van der Waals surface area (Å²) in [7, 11) is 0. The molecule has 2 saturated heterocycles. The third-order valence-corrected chi connectivity index (χ3v) is 9.85. The first-order chi connectivity index (χ1) is 19.6. The highest BCUT2D eigenvalue weighted by Crippen LogP contribution is 2.57. The lowest BCUT2D eigenvalue weighted by Gasteiger charge is -2.45. The minimum absolute atomic E-state index is 0.197. The van der Waals surface area contributed by atoms with Gasteiger partial charge in [-0.25, -0.2) is 9.59 Å². The molecule has 2 heterocycles. The highest BCUT2D eigenvalue weighted by molar-refractivity contribution is 5.69. The van der Waals surface area contributed by atoms with Crippen LogP contribution in [0.3, 0.4) is 0 Å². The van der Waals surface area contributed by atoms with Crippen LogP contribution in [0.25, 0.3) is 0 Å². The van der Waals surface area contributed by atoms with Gasteiger partial charge in [-0.15, -0.1) is 0 Å². The first-order valence-corrected chi connectivity index (χ1v) is 14.6. The number of hydrogen-bond donors (Lipinski definition) is 0. The minimum Gasteiger partial charge on any atom is -0.445 e. The quantitative estimate of drug-likeness (QED) is 0.364. The van der Waals surface area contributed by atoms with E-state index in [1.165, 1.54) is 11.1 Å². The Bertz CT molecular complexity index is 1260. The maximum atomic E-state index is 12.8. The van der Waals surface area contributed by atoms with Crippen molar-refractivity contribution in [3.63, 3.8) is 0 Å².